The van der Waals surface area contributed by atoms with E-state index in [0.29, 0.717) is 30.1 Å². The Kier molecular flexibility index (Phi) is 5.08. The van der Waals surface area contributed by atoms with Crippen molar-refractivity contribution < 1.29 is 14.6 Å². The van der Waals surface area contributed by atoms with Crippen molar-refractivity contribution >= 4 is 5.91 Å². The highest BCUT2D eigenvalue weighted by Crippen LogP contribution is 2.23. The van der Waals surface area contributed by atoms with Crippen molar-refractivity contribution in [3.63, 3.8) is 0 Å². The molecule has 1 N–H and O–H groups in total. The maximum absolute atomic E-state index is 12.6. The summed E-state index contributed by atoms with van der Waals surface area (Å²) in [6.07, 6.45) is 0.436. The first-order valence-electron chi connectivity index (χ1n) is 8.59. The molecular formula is C19H23N3O4. The molecule has 0 aliphatic carbocycles. The van der Waals surface area contributed by atoms with E-state index in [2.05, 4.69) is 4.98 Å². The minimum Gasteiger partial charge on any atom is -0.491 e. The van der Waals surface area contributed by atoms with Gasteiger partial charge in [-0.3, -0.25) is 9.36 Å². The third-order valence-electron chi connectivity index (χ3n) is 4.58. The molecule has 1 fully saturated rings. The van der Waals surface area contributed by atoms with Gasteiger partial charge in [-0.25, -0.2) is 4.79 Å². The molecule has 1 saturated heterocycles. The molecule has 7 heteroatoms. The van der Waals surface area contributed by atoms with Crippen LogP contribution in [-0.2, 0) is 11.3 Å². The van der Waals surface area contributed by atoms with Crippen molar-refractivity contribution in [2.24, 2.45) is 0 Å². The number of rotatable bonds is 5. The number of hydrogen-bond donors (Lipinski definition) is 1. The summed E-state index contributed by atoms with van der Waals surface area (Å²) in [6, 6.07) is 11.0. The fraction of sp³-hybridized carbons (Fsp3) is 0.421. The second kappa shape index (κ2) is 7.29. The molecule has 1 atom stereocenters. The number of aliphatic hydroxyl groups is 1. The number of carbonyl (C=O) groups excluding carboxylic acids is 1. The van der Waals surface area contributed by atoms with Crippen LogP contribution in [0.4, 0.5) is 0 Å². The van der Waals surface area contributed by atoms with Gasteiger partial charge < -0.3 is 14.7 Å². The lowest BCUT2D eigenvalue weighted by Gasteiger charge is -2.24. The molecule has 0 saturated carbocycles. The number of hydrogen-bond acceptors (Lipinski definition) is 5. The molecule has 1 aromatic heterocycles. The Balaban J connectivity index is 1.61. The van der Waals surface area contributed by atoms with E-state index < -0.39 is 11.3 Å². The Morgan fingerprint density at radius 1 is 1.31 bits per heavy atom. The molecule has 7 nitrogen and oxygen atoms in total. The second-order valence-corrected chi connectivity index (χ2v) is 6.80. The van der Waals surface area contributed by atoms with Gasteiger partial charge in [-0.15, -0.1) is 0 Å². The number of amides is 1. The topological polar surface area (TPSA) is 84.7 Å². The predicted molar refractivity (Wildman–Crippen MR) is 96.1 cm³/mol. The third-order valence-corrected chi connectivity index (χ3v) is 4.58. The molecule has 1 aliphatic rings. The summed E-state index contributed by atoms with van der Waals surface area (Å²) >= 11 is 0. The summed E-state index contributed by atoms with van der Waals surface area (Å²) in [5.74, 6) is 0.468. The van der Waals surface area contributed by atoms with Crippen LogP contribution in [0.3, 0.4) is 0 Å². The molecule has 0 unspecified atom stereocenters. The van der Waals surface area contributed by atoms with Crippen molar-refractivity contribution in [1.82, 2.24) is 14.5 Å². The van der Waals surface area contributed by atoms with Crippen LogP contribution in [0.5, 0.6) is 5.75 Å². The molecule has 26 heavy (non-hydrogen) atoms. The number of benzene rings is 1. The van der Waals surface area contributed by atoms with Gasteiger partial charge in [-0.1, -0.05) is 18.2 Å². The fourth-order valence-electron chi connectivity index (χ4n) is 3.12. The summed E-state index contributed by atoms with van der Waals surface area (Å²) in [4.78, 5) is 30.0. The van der Waals surface area contributed by atoms with E-state index in [1.807, 2.05) is 30.3 Å². The summed E-state index contributed by atoms with van der Waals surface area (Å²) < 4.78 is 6.99. The van der Waals surface area contributed by atoms with Crippen LogP contribution in [-0.4, -0.2) is 50.8 Å². The van der Waals surface area contributed by atoms with Gasteiger partial charge in [0.25, 0.3) is 0 Å². The second-order valence-electron chi connectivity index (χ2n) is 6.80. The van der Waals surface area contributed by atoms with Crippen LogP contribution in [0, 0.1) is 13.8 Å². The molecule has 0 spiro atoms. The lowest BCUT2D eigenvalue weighted by molar-refractivity contribution is -0.132. The minimum absolute atomic E-state index is 0.0758. The van der Waals surface area contributed by atoms with Crippen LogP contribution in [0.15, 0.2) is 41.2 Å². The van der Waals surface area contributed by atoms with Gasteiger partial charge in [0, 0.05) is 17.9 Å². The number of β-amino-alcohol motifs (C(OH)–C–C–N with tert-alkyl or cyclic N) is 1. The highest BCUT2D eigenvalue weighted by atomic mass is 16.5. The highest BCUT2D eigenvalue weighted by molar-refractivity contribution is 5.76. The molecule has 3 rings (SSSR count). The van der Waals surface area contributed by atoms with Crippen molar-refractivity contribution in [2.45, 2.75) is 32.4 Å². The normalized spacial score (nSPS) is 19.6. The standard InChI is InChI=1S/C19H23N3O4/c1-14-10-15(2)22(18(24)20-14)11-17(23)21-9-8-19(25,12-21)13-26-16-6-4-3-5-7-16/h3-7,10,25H,8-9,11-13H2,1-2H3/t19-/m1/s1. The highest BCUT2D eigenvalue weighted by Gasteiger charge is 2.39. The Morgan fingerprint density at radius 3 is 2.73 bits per heavy atom. The molecule has 138 valence electrons. The molecule has 0 radical (unpaired) electrons. The lowest BCUT2D eigenvalue weighted by atomic mass is 10.1. The van der Waals surface area contributed by atoms with Crippen LogP contribution >= 0.6 is 0 Å². The Labute approximate surface area is 151 Å². The number of likely N-dealkylation sites (tertiary alicyclic amines) is 1. The number of aryl methyl sites for hydroxylation is 2. The smallest absolute Gasteiger partial charge is 0.348 e. The van der Waals surface area contributed by atoms with Crippen LogP contribution in [0.2, 0.25) is 0 Å². The third kappa shape index (κ3) is 4.11. The van der Waals surface area contributed by atoms with Crippen molar-refractivity contribution in [3.05, 3.63) is 58.3 Å². The fourth-order valence-corrected chi connectivity index (χ4v) is 3.12. The summed E-state index contributed by atoms with van der Waals surface area (Å²) in [7, 11) is 0. The van der Waals surface area contributed by atoms with E-state index in [4.69, 9.17) is 4.74 Å². The summed E-state index contributed by atoms with van der Waals surface area (Å²) in [5.41, 5.74) is -0.197. The van der Waals surface area contributed by atoms with Crippen molar-refractivity contribution in [1.29, 1.82) is 0 Å². The molecule has 2 heterocycles. The first-order chi connectivity index (χ1) is 12.4. The number of para-hydroxylation sites is 1. The lowest BCUT2D eigenvalue weighted by Crippen LogP contribution is -2.42. The van der Waals surface area contributed by atoms with Gasteiger partial charge in [0.2, 0.25) is 5.91 Å². The van der Waals surface area contributed by atoms with Gasteiger partial charge in [-0.2, -0.15) is 4.98 Å². The van der Waals surface area contributed by atoms with Gasteiger partial charge in [0.15, 0.2) is 0 Å². The van der Waals surface area contributed by atoms with E-state index in [-0.39, 0.29) is 25.6 Å². The monoisotopic (exact) mass is 357 g/mol. The molecule has 0 bridgehead atoms. The van der Waals surface area contributed by atoms with Crippen molar-refractivity contribution in [2.75, 3.05) is 19.7 Å². The zero-order chi connectivity index (χ0) is 18.7. The zero-order valence-electron chi connectivity index (χ0n) is 15.0. The van der Waals surface area contributed by atoms with Crippen LogP contribution in [0.1, 0.15) is 17.8 Å². The SMILES string of the molecule is Cc1cc(C)n(CC(=O)N2CC[C@](O)(COc3ccccc3)C2)c(=O)n1. The van der Waals surface area contributed by atoms with Gasteiger partial charge in [-0.05, 0) is 38.5 Å². The Bertz CT molecular complexity index is 850. The molecule has 1 amide bonds. The predicted octanol–water partition coefficient (Wildman–Crippen LogP) is 0.903. The Hall–Kier alpha value is -2.67. The van der Waals surface area contributed by atoms with E-state index in [9.17, 15) is 14.7 Å². The minimum atomic E-state index is -1.09. The number of nitrogens with zero attached hydrogens (tertiary/aromatic N) is 3. The molecule has 1 aromatic carbocycles. The van der Waals surface area contributed by atoms with Gasteiger partial charge in [0.05, 0.1) is 6.54 Å². The maximum atomic E-state index is 12.6. The molecule has 1 aliphatic heterocycles. The maximum Gasteiger partial charge on any atom is 0.348 e. The number of ether oxygens (including phenoxy) is 1. The first-order valence-corrected chi connectivity index (χ1v) is 8.59. The van der Waals surface area contributed by atoms with E-state index in [0.717, 1.165) is 0 Å². The van der Waals surface area contributed by atoms with Crippen LogP contribution in [0.25, 0.3) is 0 Å². The van der Waals surface area contributed by atoms with E-state index in [1.54, 1.807) is 24.8 Å². The van der Waals surface area contributed by atoms with E-state index >= 15 is 0 Å². The first kappa shape index (κ1) is 18.1. The van der Waals surface area contributed by atoms with Gasteiger partial charge >= 0.3 is 5.69 Å². The molecular weight excluding hydrogens is 334 g/mol. The van der Waals surface area contributed by atoms with Crippen LogP contribution < -0.4 is 10.4 Å². The van der Waals surface area contributed by atoms with Gasteiger partial charge in [0.1, 0.15) is 24.5 Å². The zero-order valence-corrected chi connectivity index (χ0v) is 15.0. The van der Waals surface area contributed by atoms with Crippen molar-refractivity contribution in [3.8, 4) is 5.75 Å². The average molecular weight is 357 g/mol. The summed E-state index contributed by atoms with van der Waals surface area (Å²) in [5, 5.41) is 10.7. The number of aromatic nitrogens is 2. The largest absolute Gasteiger partial charge is 0.491 e. The average Bonchev–Trinajstić information content (AvgIpc) is 3.00. The molecule has 2 aromatic rings. The summed E-state index contributed by atoms with van der Waals surface area (Å²) in [6.45, 7) is 4.18. The quantitative estimate of drug-likeness (QED) is 0.860. The van der Waals surface area contributed by atoms with E-state index in [1.165, 1.54) is 4.57 Å². The number of carbonyl (C=O) groups is 1. The Morgan fingerprint density at radius 2 is 2.04 bits per heavy atom.